The average Bonchev–Trinajstić information content (AvgIpc) is 2.56. The van der Waals surface area contributed by atoms with Crippen LogP contribution in [0.5, 0.6) is 0 Å². The number of carbonyl (C=O) groups is 1. The zero-order chi connectivity index (χ0) is 15.9. The highest BCUT2D eigenvalue weighted by atomic mass is 16.1. The van der Waals surface area contributed by atoms with Crippen LogP contribution in [0.25, 0.3) is 0 Å². The van der Waals surface area contributed by atoms with Crippen LogP contribution in [-0.2, 0) is 0 Å². The summed E-state index contributed by atoms with van der Waals surface area (Å²) >= 11 is 0. The maximum atomic E-state index is 12.2. The molecule has 0 unspecified atom stereocenters. The minimum absolute atomic E-state index is 0.233. The second kappa shape index (κ2) is 7.72. The van der Waals surface area contributed by atoms with Gasteiger partial charge in [0.25, 0.3) is 5.91 Å². The summed E-state index contributed by atoms with van der Waals surface area (Å²) in [5.74, 6) is 0.631. The van der Waals surface area contributed by atoms with Crippen molar-refractivity contribution in [2.45, 2.75) is 32.1 Å². The van der Waals surface area contributed by atoms with Gasteiger partial charge in [0.05, 0.1) is 0 Å². The molecule has 0 saturated carbocycles. The molecule has 0 aliphatic carbocycles. The Morgan fingerprint density at radius 1 is 0.870 bits per heavy atom. The highest BCUT2D eigenvalue weighted by Gasteiger charge is 2.13. The summed E-state index contributed by atoms with van der Waals surface area (Å²) in [4.78, 5) is 14.4. The van der Waals surface area contributed by atoms with E-state index in [1.54, 1.807) is 6.07 Å². The molecule has 1 N–H and O–H groups in total. The largest absolute Gasteiger partial charge is 0.355 e. The van der Waals surface area contributed by atoms with Gasteiger partial charge in [0.1, 0.15) is 0 Å². The van der Waals surface area contributed by atoms with Gasteiger partial charge in [-0.3, -0.25) is 4.79 Å². The number of amides is 1. The summed E-state index contributed by atoms with van der Waals surface area (Å²) in [6.07, 6.45) is 6.27. The van der Waals surface area contributed by atoms with E-state index in [0.717, 1.165) is 24.6 Å². The average molecular weight is 310 g/mol. The van der Waals surface area contributed by atoms with Gasteiger partial charge in [-0.05, 0) is 37.1 Å². The lowest BCUT2D eigenvalue weighted by Crippen LogP contribution is -2.28. The Hall–Kier alpha value is -2.43. The van der Waals surface area contributed by atoms with Crippen molar-refractivity contribution >= 4 is 17.4 Å². The fourth-order valence-corrected chi connectivity index (χ4v) is 2.81. The number of rotatable bonds is 3. The monoisotopic (exact) mass is 310 g/mol. The molecule has 23 heavy (non-hydrogen) atoms. The van der Waals surface area contributed by atoms with Crippen molar-refractivity contribution in [2.75, 3.05) is 23.3 Å². The molecule has 1 amide bonds. The number of hydrogen-bond acceptors (Lipinski definition) is 4. The van der Waals surface area contributed by atoms with Crippen LogP contribution >= 0.6 is 0 Å². The normalized spacial score (nSPS) is 15.6. The first-order valence-corrected chi connectivity index (χ1v) is 8.28. The summed E-state index contributed by atoms with van der Waals surface area (Å²) in [6, 6.07) is 13.0. The van der Waals surface area contributed by atoms with E-state index in [4.69, 9.17) is 0 Å². The van der Waals surface area contributed by atoms with E-state index in [9.17, 15) is 4.79 Å². The molecule has 5 nitrogen and oxygen atoms in total. The minimum Gasteiger partial charge on any atom is -0.355 e. The van der Waals surface area contributed by atoms with E-state index < -0.39 is 0 Å². The third-order valence-electron chi connectivity index (χ3n) is 4.09. The Bertz CT molecular complexity index is 619. The number of carbonyl (C=O) groups excluding carboxylic acids is 1. The van der Waals surface area contributed by atoms with Crippen molar-refractivity contribution in [3.05, 3.63) is 48.2 Å². The van der Waals surface area contributed by atoms with Gasteiger partial charge in [-0.15, -0.1) is 10.2 Å². The number of para-hydroxylation sites is 1. The lowest BCUT2D eigenvalue weighted by molar-refractivity contribution is 0.102. The fourth-order valence-electron chi connectivity index (χ4n) is 2.81. The van der Waals surface area contributed by atoms with Crippen LogP contribution in [0.2, 0.25) is 0 Å². The molecule has 5 heteroatoms. The first-order valence-electron chi connectivity index (χ1n) is 8.28. The Kier molecular flexibility index (Phi) is 5.19. The maximum absolute atomic E-state index is 12.2. The van der Waals surface area contributed by atoms with Crippen LogP contribution in [-0.4, -0.2) is 29.2 Å². The number of nitrogens with one attached hydrogen (secondary N) is 1. The maximum Gasteiger partial charge on any atom is 0.276 e. The molecule has 2 heterocycles. The highest BCUT2D eigenvalue weighted by Crippen LogP contribution is 2.17. The van der Waals surface area contributed by atoms with Gasteiger partial charge in [-0.25, -0.2) is 0 Å². The van der Waals surface area contributed by atoms with Gasteiger partial charge in [-0.2, -0.15) is 0 Å². The number of hydrogen-bond donors (Lipinski definition) is 1. The fraction of sp³-hybridized carbons (Fsp3) is 0.389. The highest BCUT2D eigenvalue weighted by molar-refractivity contribution is 6.02. The first-order chi connectivity index (χ1) is 11.3. The van der Waals surface area contributed by atoms with Crippen molar-refractivity contribution in [1.82, 2.24) is 10.2 Å². The van der Waals surface area contributed by atoms with Gasteiger partial charge in [0, 0.05) is 18.8 Å². The standard InChI is InChI=1S/C18H22N4O/c23-18(19-15-9-5-4-6-10-15)16-11-12-17(21-20-16)22-13-7-2-1-3-8-14-22/h4-6,9-12H,1-3,7-8,13-14H2,(H,19,23). The van der Waals surface area contributed by atoms with E-state index in [1.165, 1.54) is 32.1 Å². The third kappa shape index (κ3) is 4.28. The number of aromatic nitrogens is 2. The van der Waals surface area contributed by atoms with Crippen LogP contribution < -0.4 is 10.2 Å². The zero-order valence-corrected chi connectivity index (χ0v) is 13.2. The van der Waals surface area contributed by atoms with E-state index >= 15 is 0 Å². The lowest BCUT2D eigenvalue weighted by Gasteiger charge is -2.25. The number of anilines is 2. The van der Waals surface area contributed by atoms with Gasteiger partial charge < -0.3 is 10.2 Å². The smallest absolute Gasteiger partial charge is 0.276 e. The molecule has 1 aromatic carbocycles. The van der Waals surface area contributed by atoms with Gasteiger partial charge in [-0.1, -0.05) is 37.5 Å². The van der Waals surface area contributed by atoms with E-state index in [1.807, 2.05) is 36.4 Å². The van der Waals surface area contributed by atoms with Crippen LogP contribution in [0, 0.1) is 0 Å². The Morgan fingerprint density at radius 2 is 1.57 bits per heavy atom. The van der Waals surface area contributed by atoms with E-state index in [2.05, 4.69) is 20.4 Å². The second-order valence-electron chi connectivity index (χ2n) is 5.85. The van der Waals surface area contributed by atoms with Crippen LogP contribution in [0.1, 0.15) is 42.6 Å². The summed E-state index contributed by atoms with van der Waals surface area (Å²) in [5, 5.41) is 11.2. The summed E-state index contributed by atoms with van der Waals surface area (Å²) in [7, 11) is 0. The Labute approximate surface area is 136 Å². The predicted molar refractivity (Wildman–Crippen MR) is 91.7 cm³/mol. The molecule has 1 aliphatic heterocycles. The van der Waals surface area contributed by atoms with Crippen molar-refractivity contribution in [1.29, 1.82) is 0 Å². The topological polar surface area (TPSA) is 58.1 Å². The van der Waals surface area contributed by atoms with Crippen LogP contribution in [0.15, 0.2) is 42.5 Å². The van der Waals surface area contributed by atoms with Gasteiger partial charge in [0.15, 0.2) is 11.5 Å². The van der Waals surface area contributed by atoms with Gasteiger partial charge in [0.2, 0.25) is 0 Å². The predicted octanol–water partition coefficient (Wildman–Crippen LogP) is 3.50. The number of nitrogens with zero attached hydrogens (tertiary/aromatic N) is 3. The van der Waals surface area contributed by atoms with Crippen molar-refractivity contribution in [2.24, 2.45) is 0 Å². The molecule has 3 rings (SSSR count). The molecule has 1 aromatic heterocycles. The molecule has 1 fully saturated rings. The Balaban J connectivity index is 1.65. The molecule has 0 spiro atoms. The van der Waals surface area contributed by atoms with E-state index in [-0.39, 0.29) is 5.91 Å². The van der Waals surface area contributed by atoms with Crippen molar-refractivity contribution < 1.29 is 4.79 Å². The van der Waals surface area contributed by atoms with Crippen molar-refractivity contribution in [3.8, 4) is 0 Å². The quantitative estimate of drug-likeness (QED) is 0.942. The zero-order valence-electron chi connectivity index (χ0n) is 13.2. The Morgan fingerprint density at radius 3 is 2.22 bits per heavy atom. The summed E-state index contributed by atoms with van der Waals surface area (Å²) in [6.45, 7) is 2.04. The second-order valence-corrected chi connectivity index (χ2v) is 5.85. The molecule has 0 atom stereocenters. The third-order valence-corrected chi connectivity index (χ3v) is 4.09. The SMILES string of the molecule is O=C(Nc1ccccc1)c1ccc(N2CCCCCCC2)nn1. The molecule has 120 valence electrons. The molecule has 1 saturated heterocycles. The number of benzene rings is 1. The first kappa shape index (κ1) is 15.5. The lowest BCUT2D eigenvalue weighted by atomic mass is 10.1. The summed E-state index contributed by atoms with van der Waals surface area (Å²) < 4.78 is 0. The van der Waals surface area contributed by atoms with Crippen LogP contribution in [0.4, 0.5) is 11.5 Å². The molecule has 0 bridgehead atoms. The molecule has 1 aliphatic rings. The van der Waals surface area contributed by atoms with Crippen molar-refractivity contribution in [3.63, 3.8) is 0 Å². The molecular weight excluding hydrogens is 288 g/mol. The van der Waals surface area contributed by atoms with Crippen LogP contribution in [0.3, 0.4) is 0 Å². The summed E-state index contributed by atoms with van der Waals surface area (Å²) in [5.41, 5.74) is 1.09. The van der Waals surface area contributed by atoms with E-state index in [0.29, 0.717) is 5.69 Å². The van der Waals surface area contributed by atoms with Gasteiger partial charge >= 0.3 is 0 Å². The minimum atomic E-state index is -0.233. The molecule has 2 aromatic rings. The molecular formula is C18H22N4O. The molecule has 0 radical (unpaired) electrons.